The lowest BCUT2D eigenvalue weighted by Crippen LogP contribution is -2.48. The van der Waals surface area contributed by atoms with Crippen molar-refractivity contribution in [3.63, 3.8) is 0 Å². The van der Waals surface area contributed by atoms with E-state index < -0.39 is 6.10 Å². The zero-order valence-electron chi connectivity index (χ0n) is 20.6. The van der Waals surface area contributed by atoms with E-state index in [1.54, 1.807) is 4.90 Å². The lowest BCUT2D eigenvalue weighted by molar-refractivity contribution is -0.136. The van der Waals surface area contributed by atoms with Crippen molar-refractivity contribution in [1.82, 2.24) is 14.7 Å². The van der Waals surface area contributed by atoms with Crippen molar-refractivity contribution in [2.24, 2.45) is 17.8 Å². The van der Waals surface area contributed by atoms with E-state index in [0.29, 0.717) is 64.6 Å². The predicted octanol–water partition coefficient (Wildman–Crippen LogP) is 2.54. The van der Waals surface area contributed by atoms with E-state index in [2.05, 4.69) is 30.9 Å². The number of carbonyl (C=O) groups is 2. The first-order valence-electron chi connectivity index (χ1n) is 12.7. The molecule has 7 heteroatoms. The van der Waals surface area contributed by atoms with Crippen LogP contribution in [0.4, 0.5) is 0 Å². The van der Waals surface area contributed by atoms with Gasteiger partial charge in [-0.05, 0) is 36.7 Å². The van der Waals surface area contributed by atoms with Gasteiger partial charge in [-0.3, -0.25) is 14.5 Å². The molecule has 3 aliphatic rings. The minimum atomic E-state index is -0.401. The normalized spacial score (nSPS) is 27.4. The zero-order valence-corrected chi connectivity index (χ0v) is 20.6. The standard InChI is InChI=1S/C27H39N3O4/c1-20(2)15-28-16-23-6-3-4-8-25(23)34-13-5-7-22-17-29(27(33)19-28)11-9-21(22)14-26(32)30-12-10-24(31)18-30/h3-8,20-22,24,31H,9-19H2,1-2H3/b7-5-/t21-,22-,24+/m0/s1. The molecule has 0 radical (unpaired) electrons. The van der Waals surface area contributed by atoms with Gasteiger partial charge in [0.05, 0.1) is 12.6 Å². The number of fused-ring (bicyclic) bond motifs is 3. The summed E-state index contributed by atoms with van der Waals surface area (Å²) in [7, 11) is 0. The average Bonchev–Trinajstić information content (AvgIpc) is 3.24. The summed E-state index contributed by atoms with van der Waals surface area (Å²) in [6.07, 6.45) is 5.72. The molecule has 0 unspecified atom stereocenters. The summed E-state index contributed by atoms with van der Waals surface area (Å²) in [5.41, 5.74) is 1.10. The van der Waals surface area contributed by atoms with Crippen molar-refractivity contribution in [1.29, 1.82) is 0 Å². The number of nitrogens with zero attached hydrogens (tertiary/aromatic N) is 3. The van der Waals surface area contributed by atoms with Gasteiger partial charge in [0.2, 0.25) is 11.8 Å². The van der Waals surface area contributed by atoms with Crippen LogP contribution in [0.2, 0.25) is 0 Å². The van der Waals surface area contributed by atoms with Gasteiger partial charge >= 0.3 is 0 Å². The summed E-state index contributed by atoms with van der Waals surface area (Å²) in [6, 6.07) is 8.06. The molecule has 1 aromatic rings. The Kier molecular flexibility index (Phi) is 8.27. The molecule has 0 aromatic heterocycles. The third-order valence-electron chi connectivity index (χ3n) is 7.18. The Morgan fingerprint density at radius 2 is 1.97 bits per heavy atom. The maximum Gasteiger partial charge on any atom is 0.236 e. The van der Waals surface area contributed by atoms with Crippen molar-refractivity contribution < 1.29 is 19.4 Å². The van der Waals surface area contributed by atoms with Gasteiger partial charge in [0, 0.05) is 51.3 Å². The molecular weight excluding hydrogens is 430 g/mol. The van der Waals surface area contributed by atoms with Gasteiger partial charge in [0.25, 0.3) is 0 Å². The number of amides is 2. The van der Waals surface area contributed by atoms with Gasteiger partial charge in [-0.2, -0.15) is 0 Å². The summed E-state index contributed by atoms with van der Waals surface area (Å²) in [5, 5.41) is 9.80. The van der Waals surface area contributed by atoms with Gasteiger partial charge in [0.1, 0.15) is 12.4 Å². The second kappa shape index (κ2) is 11.4. The summed E-state index contributed by atoms with van der Waals surface area (Å²) >= 11 is 0. The molecule has 2 saturated heterocycles. The van der Waals surface area contributed by atoms with E-state index in [0.717, 1.165) is 24.3 Å². The number of rotatable bonds is 4. The lowest BCUT2D eigenvalue weighted by atomic mass is 9.82. The molecule has 7 nitrogen and oxygen atoms in total. The molecule has 4 rings (SSSR count). The fraction of sp³-hybridized carbons (Fsp3) is 0.630. The third-order valence-corrected chi connectivity index (χ3v) is 7.18. The zero-order chi connectivity index (χ0) is 24.1. The number of hydrogen-bond donors (Lipinski definition) is 1. The third kappa shape index (κ3) is 6.39. The molecule has 0 saturated carbocycles. The molecule has 2 bridgehead atoms. The second-order valence-corrected chi connectivity index (χ2v) is 10.4. The van der Waals surface area contributed by atoms with Crippen LogP contribution in [0, 0.1) is 17.8 Å². The molecule has 1 N–H and O–H groups in total. The summed E-state index contributed by atoms with van der Waals surface area (Å²) in [6.45, 7) is 9.12. The summed E-state index contributed by atoms with van der Waals surface area (Å²) in [5.74, 6) is 1.89. The van der Waals surface area contributed by atoms with Crippen molar-refractivity contribution in [3.05, 3.63) is 42.0 Å². The quantitative estimate of drug-likeness (QED) is 0.686. The lowest BCUT2D eigenvalue weighted by Gasteiger charge is -2.38. The van der Waals surface area contributed by atoms with E-state index in [4.69, 9.17) is 4.74 Å². The molecule has 1 aromatic carbocycles. The molecule has 2 fully saturated rings. The molecular formula is C27H39N3O4. The highest BCUT2D eigenvalue weighted by Crippen LogP contribution is 2.30. The van der Waals surface area contributed by atoms with Crippen molar-refractivity contribution in [3.8, 4) is 5.75 Å². The molecule has 3 atom stereocenters. The molecule has 0 aliphatic carbocycles. The van der Waals surface area contributed by atoms with Crippen LogP contribution in [0.3, 0.4) is 0 Å². The minimum Gasteiger partial charge on any atom is -0.489 e. The van der Waals surface area contributed by atoms with Gasteiger partial charge in [0.15, 0.2) is 0 Å². The van der Waals surface area contributed by atoms with Crippen LogP contribution in [-0.4, -0.2) is 83.6 Å². The highest BCUT2D eigenvalue weighted by Gasteiger charge is 2.34. The number of likely N-dealkylation sites (tertiary alicyclic amines) is 1. The molecule has 3 heterocycles. The van der Waals surface area contributed by atoms with E-state index in [-0.39, 0.29) is 23.7 Å². The molecule has 0 spiro atoms. The monoisotopic (exact) mass is 469 g/mol. The van der Waals surface area contributed by atoms with Crippen LogP contribution in [-0.2, 0) is 16.1 Å². The average molecular weight is 470 g/mol. The molecule has 186 valence electrons. The number of ether oxygens (including phenoxy) is 1. The van der Waals surface area contributed by atoms with E-state index in [1.165, 1.54) is 0 Å². The van der Waals surface area contributed by atoms with E-state index >= 15 is 0 Å². The number of benzene rings is 1. The van der Waals surface area contributed by atoms with Crippen LogP contribution in [0.1, 0.15) is 38.7 Å². The maximum absolute atomic E-state index is 13.3. The van der Waals surface area contributed by atoms with Crippen LogP contribution in [0.15, 0.2) is 36.4 Å². The molecule has 34 heavy (non-hydrogen) atoms. The number of β-amino-alcohol motifs (C(OH)–C–C–N with tert-alkyl or cyclic N) is 1. The first-order chi connectivity index (χ1) is 16.4. The van der Waals surface area contributed by atoms with Crippen LogP contribution in [0.25, 0.3) is 0 Å². The number of aliphatic hydroxyl groups is 1. The number of aliphatic hydroxyl groups excluding tert-OH is 1. The SMILES string of the molecule is CC(C)CN1CC(=O)N2CC[C@@H](CC(=O)N3CC[C@@H](O)C3)[C@@H](/C=C\COc3ccccc3C1)C2. The van der Waals surface area contributed by atoms with Gasteiger partial charge in [-0.15, -0.1) is 0 Å². The minimum absolute atomic E-state index is 0.117. The second-order valence-electron chi connectivity index (χ2n) is 10.4. The highest BCUT2D eigenvalue weighted by atomic mass is 16.5. The smallest absolute Gasteiger partial charge is 0.236 e. The first-order valence-corrected chi connectivity index (χ1v) is 12.7. The van der Waals surface area contributed by atoms with Crippen LogP contribution in [0.5, 0.6) is 5.75 Å². The van der Waals surface area contributed by atoms with E-state index in [1.807, 2.05) is 29.2 Å². The number of piperidine rings is 1. The molecule has 2 amide bonds. The number of hydrogen-bond acceptors (Lipinski definition) is 5. The van der Waals surface area contributed by atoms with Crippen molar-refractivity contribution >= 4 is 11.8 Å². The van der Waals surface area contributed by atoms with Gasteiger partial charge < -0.3 is 19.6 Å². The molecule has 3 aliphatic heterocycles. The Labute approximate surface area is 203 Å². The Hall–Kier alpha value is -2.38. The Morgan fingerprint density at radius 3 is 2.74 bits per heavy atom. The van der Waals surface area contributed by atoms with Crippen LogP contribution < -0.4 is 4.74 Å². The van der Waals surface area contributed by atoms with Crippen LogP contribution >= 0.6 is 0 Å². The Balaban J connectivity index is 1.51. The Morgan fingerprint density at radius 1 is 1.15 bits per heavy atom. The topological polar surface area (TPSA) is 73.3 Å². The van der Waals surface area contributed by atoms with E-state index in [9.17, 15) is 14.7 Å². The largest absolute Gasteiger partial charge is 0.489 e. The maximum atomic E-state index is 13.3. The van der Waals surface area contributed by atoms with Gasteiger partial charge in [-0.1, -0.05) is 44.2 Å². The number of para-hydroxylation sites is 1. The fourth-order valence-electron chi connectivity index (χ4n) is 5.43. The van der Waals surface area contributed by atoms with Crippen molar-refractivity contribution in [2.75, 3.05) is 45.9 Å². The van der Waals surface area contributed by atoms with Gasteiger partial charge in [-0.25, -0.2) is 0 Å². The fourth-order valence-corrected chi connectivity index (χ4v) is 5.43. The first kappa shape index (κ1) is 24.7. The summed E-state index contributed by atoms with van der Waals surface area (Å²) < 4.78 is 6.11. The van der Waals surface area contributed by atoms with Crippen molar-refractivity contribution in [2.45, 2.75) is 45.8 Å². The number of carbonyl (C=O) groups excluding carboxylic acids is 2. The Bertz CT molecular complexity index is 886. The predicted molar refractivity (Wildman–Crippen MR) is 131 cm³/mol. The summed E-state index contributed by atoms with van der Waals surface area (Å²) in [4.78, 5) is 32.2. The highest BCUT2D eigenvalue weighted by molar-refractivity contribution is 5.79.